The standard InChI is InChI=1S/C14H16N4O/c1-8-7-11-12(5-4-6-13(11)19)18(8)14-15-9(2)10(3)16-17-14/h7H,4-6H2,1-3H3. The number of hydrogen-bond donors (Lipinski definition) is 0. The lowest BCUT2D eigenvalue weighted by Crippen LogP contribution is -2.15. The van der Waals surface area contributed by atoms with Crippen LogP contribution in [-0.2, 0) is 6.42 Å². The second-order valence-corrected chi connectivity index (χ2v) is 5.04. The Hall–Kier alpha value is -2.04. The van der Waals surface area contributed by atoms with E-state index in [1.807, 2.05) is 31.4 Å². The number of carbonyl (C=O) groups excluding carboxylic acids is 1. The zero-order valence-electron chi connectivity index (χ0n) is 11.4. The molecule has 0 saturated carbocycles. The average Bonchev–Trinajstić information content (AvgIpc) is 2.71. The number of carbonyl (C=O) groups is 1. The van der Waals surface area contributed by atoms with Gasteiger partial charge in [-0.05, 0) is 39.7 Å². The van der Waals surface area contributed by atoms with E-state index in [1.165, 1.54) is 0 Å². The molecule has 1 aliphatic carbocycles. The van der Waals surface area contributed by atoms with Gasteiger partial charge in [0, 0.05) is 23.4 Å². The SMILES string of the molecule is Cc1nnc(-n2c(C)cc3c2CCCC3=O)nc1C. The van der Waals surface area contributed by atoms with Gasteiger partial charge in [0.25, 0.3) is 5.95 Å². The summed E-state index contributed by atoms with van der Waals surface area (Å²) in [6.07, 6.45) is 2.43. The Kier molecular flexibility index (Phi) is 2.69. The fourth-order valence-corrected chi connectivity index (χ4v) is 2.55. The molecule has 0 radical (unpaired) electrons. The highest BCUT2D eigenvalue weighted by molar-refractivity contribution is 5.98. The minimum absolute atomic E-state index is 0.222. The summed E-state index contributed by atoms with van der Waals surface area (Å²) in [6, 6.07) is 1.94. The Morgan fingerprint density at radius 3 is 2.63 bits per heavy atom. The summed E-state index contributed by atoms with van der Waals surface area (Å²) < 4.78 is 1.96. The Bertz CT molecular complexity index is 672. The lowest BCUT2D eigenvalue weighted by Gasteiger charge is -2.14. The Morgan fingerprint density at radius 2 is 1.89 bits per heavy atom. The molecule has 0 atom stereocenters. The van der Waals surface area contributed by atoms with Gasteiger partial charge >= 0.3 is 0 Å². The first-order valence-electron chi connectivity index (χ1n) is 6.50. The first kappa shape index (κ1) is 12.0. The molecule has 5 heteroatoms. The van der Waals surface area contributed by atoms with E-state index in [4.69, 9.17) is 0 Å². The summed E-state index contributed by atoms with van der Waals surface area (Å²) in [5.41, 5.74) is 4.54. The average molecular weight is 256 g/mol. The molecule has 0 N–H and O–H groups in total. The van der Waals surface area contributed by atoms with Gasteiger partial charge in [-0.1, -0.05) is 0 Å². The van der Waals surface area contributed by atoms with Crippen LogP contribution in [0.2, 0.25) is 0 Å². The molecule has 3 rings (SSSR count). The quantitative estimate of drug-likeness (QED) is 0.784. The van der Waals surface area contributed by atoms with Crippen LogP contribution in [0.4, 0.5) is 0 Å². The van der Waals surface area contributed by atoms with E-state index in [1.54, 1.807) is 0 Å². The minimum atomic E-state index is 0.222. The van der Waals surface area contributed by atoms with Crippen molar-refractivity contribution in [2.45, 2.75) is 40.0 Å². The van der Waals surface area contributed by atoms with Crippen LogP contribution >= 0.6 is 0 Å². The number of Topliss-reactive ketones (excluding diaryl/α,β-unsaturated/α-hetero) is 1. The molecule has 0 bridgehead atoms. The molecule has 0 aliphatic heterocycles. The van der Waals surface area contributed by atoms with Crippen molar-refractivity contribution >= 4 is 5.78 Å². The summed E-state index contributed by atoms with van der Waals surface area (Å²) in [4.78, 5) is 16.4. The number of aryl methyl sites for hydroxylation is 3. The third-order valence-electron chi connectivity index (χ3n) is 3.69. The van der Waals surface area contributed by atoms with Crippen LogP contribution in [0.15, 0.2) is 6.07 Å². The molecule has 98 valence electrons. The first-order valence-corrected chi connectivity index (χ1v) is 6.50. The minimum Gasteiger partial charge on any atom is -0.294 e. The van der Waals surface area contributed by atoms with Crippen LogP contribution in [-0.4, -0.2) is 25.5 Å². The molecular formula is C14H16N4O. The van der Waals surface area contributed by atoms with Gasteiger partial charge in [0.15, 0.2) is 5.78 Å². The van der Waals surface area contributed by atoms with Crippen molar-refractivity contribution in [2.75, 3.05) is 0 Å². The fraction of sp³-hybridized carbons (Fsp3) is 0.429. The van der Waals surface area contributed by atoms with E-state index >= 15 is 0 Å². The third kappa shape index (κ3) is 1.85. The van der Waals surface area contributed by atoms with Crippen molar-refractivity contribution in [1.29, 1.82) is 0 Å². The van der Waals surface area contributed by atoms with Gasteiger partial charge in [-0.15, -0.1) is 5.10 Å². The first-order chi connectivity index (χ1) is 9.08. The van der Waals surface area contributed by atoms with Crippen LogP contribution in [0.25, 0.3) is 5.95 Å². The molecule has 0 saturated heterocycles. The summed E-state index contributed by atoms with van der Waals surface area (Å²) >= 11 is 0. The molecule has 0 spiro atoms. The molecule has 19 heavy (non-hydrogen) atoms. The van der Waals surface area contributed by atoms with Crippen molar-refractivity contribution in [2.24, 2.45) is 0 Å². The summed E-state index contributed by atoms with van der Waals surface area (Å²) in [6.45, 7) is 5.79. The van der Waals surface area contributed by atoms with E-state index < -0.39 is 0 Å². The Balaban J connectivity index is 2.20. The zero-order valence-corrected chi connectivity index (χ0v) is 11.4. The van der Waals surface area contributed by atoms with Crippen molar-refractivity contribution in [3.63, 3.8) is 0 Å². The number of ketones is 1. The van der Waals surface area contributed by atoms with E-state index in [9.17, 15) is 4.79 Å². The van der Waals surface area contributed by atoms with Gasteiger partial charge in [0.2, 0.25) is 0 Å². The van der Waals surface area contributed by atoms with E-state index in [0.29, 0.717) is 12.4 Å². The molecule has 5 nitrogen and oxygen atoms in total. The number of aromatic nitrogens is 4. The molecule has 0 amide bonds. The summed E-state index contributed by atoms with van der Waals surface area (Å²) in [5, 5.41) is 8.29. The second-order valence-electron chi connectivity index (χ2n) is 5.04. The summed E-state index contributed by atoms with van der Waals surface area (Å²) in [7, 11) is 0. The van der Waals surface area contributed by atoms with Crippen LogP contribution < -0.4 is 0 Å². The van der Waals surface area contributed by atoms with Gasteiger partial charge in [0.05, 0.1) is 11.4 Å². The van der Waals surface area contributed by atoms with Gasteiger partial charge in [-0.3, -0.25) is 9.36 Å². The van der Waals surface area contributed by atoms with Crippen LogP contribution in [0, 0.1) is 20.8 Å². The lowest BCUT2D eigenvalue weighted by molar-refractivity contribution is 0.0972. The van der Waals surface area contributed by atoms with Gasteiger partial charge in [-0.2, -0.15) is 5.10 Å². The number of hydrogen-bond acceptors (Lipinski definition) is 4. The van der Waals surface area contributed by atoms with Crippen molar-refractivity contribution in [1.82, 2.24) is 19.7 Å². The normalized spacial score (nSPS) is 14.6. The molecule has 0 unspecified atom stereocenters. The molecule has 2 aromatic rings. The van der Waals surface area contributed by atoms with Crippen molar-refractivity contribution in [3.8, 4) is 5.95 Å². The molecule has 0 fully saturated rings. The molecular weight excluding hydrogens is 240 g/mol. The number of fused-ring (bicyclic) bond motifs is 1. The highest BCUT2D eigenvalue weighted by atomic mass is 16.1. The zero-order chi connectivity index (χ0) is 13.6. The maximum Gasteiger partial charge on any atom is 0.254 e. The maximum absolute atomic E-state index is 11.9. The molecule has 1 aliphatic rings. The van der Waals surface area contributed by atoms with E-state index in [-0.39, 0.29) is 5.78 Å². The predicted octanol–water partition coefficient (Wildman–Crippen LogP) is 2.11. The van der Waals surface area contributed by atoms with Crippen molar-refractivity contribution < 1.29 is 4.79 Å². The third-order valence-corrected chi connectivity index (χ3v) is 3.69. The lowest BCUT2D eigenvalue weighted by atomic mass is 9.97. The number of rotatable bonds is 1. The van der Waals surface area contributed by atoms with Gasteiger partial charge in [-0.25, -0.2) is 4.98 Å². The second kappa shape index (κ2) is 4.26. The topological polar surface area (TPSA) is 60.7 Å². The smallest absolute Gasteiger partial charge is 0.254 e. The molecule has 0 aromatic carbocycles. The largest absolute Gasteiger partial charge is 0.294 e. The Labute approximate surface area is 111 Å². The van der Waals surface area contributed by atoms with Crippen LogP contribution in [0.1, 0.15) is 46.0 Å². The number of nitrogens with zero attached hydrogens (tertiary/aromatic N) is 4. The monoisotopic (exact) mass is 256 g/mol. The van der Waals surface area contributed by atoms with Gasteiger partial charge in [0.1, 0.15) is 0 Å². The summed E-state index contributed by atoms with van der Waals surface area (Å²) in [5.74, 6) is 0.788. The van der Waals surface area contributed by atoms with Crippen LogP contribution in [0.3, 0.4) is 0 Å². The highest BCUT2D eigenvalue weighted by Gasteiger charge is 2.24. The fourth-order valence-electron chi connectivity index (χ4n) is 2.55. The predicted molar refractivity (Wildman–Crippen MR) is 70.6 cm³/mol. The van der Waals surface area contributed by atoms with Crippen LogP contribution in [0.5, 0.6) is 0 Å². The van der Waals surface area contributed by atoms with E-state index in [0.717, 1.165) is 41.2 Å². The Morgan fingerprint density at radius 1 is 1.11 bits per heavy atom. The molecule has 2 aromatic heterocycles. The van der Waals surface area contributed by atoms with Gasteiger partial charge < -0.3 is 0 Å². The van der Waals surface area contributed by atoms with E-state index in [2.05, 4.69) is 15.2 Å². The maximum atomic E-state index is 11.9. The highest BCUT2D eigenvalue weighted by Crippen LogP contribution is 2.26. The van der Waals surface area contributed by atoms with Crippen molar-refractivity contribution in [3.05, 3.63) is 34.4 Å². The molecule has 2 heterocycles.